The summed E-state index contributed by atoms with van der Waals surface area (Å²) in [6, 6.07) is 14.9. The fourth-order valence-electron chi connectivity index (χ4n) is 3.14. The highest BCUT2D eigenvalue weighted by Gasteiger charge is 2.21. The third kappa shape index (κ3) is 8.45. The lowest BCUT2D eigenvalue weighted by Crippen LogP contribution is -2.44. The number of carbonyl (C=O) groups is 3. The van der Waals surface area contributed by atoms with Crippen molar-refractivity contribution in [3.8, 4) is 5.75 Å². The first-order valence-corrected chi connectivity index (χ1v) is 11.0. The second-order valence-corrected chi connectivity index (χ2v) is 7.61. The van der Waals surface area contributed by atoms with Crippen molar-refractivity contribution >= 4 is 23.9 Å². The maximum absolute atomic E-state index is 12.1. The minimum absolute atomic E-state index is 0.0461. The van der Waals surface area contributed by atoms with Gasteiger partial charge in [0.15, 0.2) is 5.96 Å². The van der Waals surface area contributed by atoms with E-state index in [1.807, 2.05) is 18.2 Å². The van der Waals surface area contributed by atoms with E-state index in [1.54, 1.807) is 36.4 Å². The van der Waals surface area contributed by atoms with Crippen LogP contribution in [0.15, 0.2) is 59.6 Å². The molecule has 1 heterocycles. The number of carboxylic acid groups (broad SMARTS) is 1. The van der Waals surface area contributed by atoms with E-state index < -0.39 is 18.1 Å². The topological polar surface area (TPSA) is 138 Å². The first kappa shape index (κ1) is 24.6. The summed E-state index contributed by atoms with van der Waals surface area (Å²) in [4.78, 5) is 39.7. The highest BCUT2D eigenvalue weighted by atomic mass is 16.5. The van der Waals surface area contributed by atoms with Crippen molar-refractivity contribution in [1.82, 2.24) is 16.0 Å². The van der Waals surface area contributed by atoms with Crippen molar-refractivity contribution in [1.29, 1.82) is 0 Å². The summed E-state index contributed by atoms with van der Waals surface area (Å²) < 4.78 is 10.7. The Morgan fingerprint density at radius 3 is 2.50 bits per heavy atom. The maximum Gasteiger partial charge on any atom is 0.408 e. The molecule has 2 aromatic carbocycles. The summed E-state index contributed by atoms with van der Waals surface area (Å²) in [5.41, 5.74) is 1.60. The Hall–Kier alpha value is -4.08. The minimum atomic E-state index is -1.18. The second-order valence-electron chi connectivity index (χ2n) is 7.61. The Kier molecular flexibility index (Phi) is 9.27. The summed E-state index contributed by atoms with van der Waals surface area (Å²) in [6.45, 7) is 1.60. The van der Waals surface area contributed by atoms with Crippen LogP contribution in [0, 0.1) is 0 Å². The minimum Gasteiger partial charge on any atom is -0.494 e. The van der Waals surface area contributed by atoms with Gasteiger partial charge in [-0.3, -0.25) is 15.1 Å². The molecule has 0 spiro atoms. The van der Waals surface area contributed by atoms with Crippen LogP contribution in [-0.4, -0.2) is 54.8 Å². The zero-order valence-electron chi connectivity index (χ0n) is 18.7. The number of nitrogens with zero attached hydrogens (tertiary/aromatic N) is 1. The van der Waals surface area contributed by atoms with Crippen molar-refractivity contribution in [2.24, 2.45) is 4.99 Å². The molecule has 34 heavy (non-hydrogen) atoms. The van der Waals surface area contributed by atoms with Crippen LogP contribution >= 0.6 is 0 Å². The van der Waals surface area contributed by atoms with E-state index in [0.717, 1.165) is 24.1 Å². The third-order valence-corrected chi connectivity index (χ3v) is 4.92. The van der Waals surface area contributed by atoms with Gasteiger partial charge in [0.2, 0.25) is 5.91 Å². The van der Waals surface area contributed by atoms with E-state index >= 15 is 0 Å². The first-order valence-electron chi connectivity index (χ1n) is 11.0. The molecule has 2 amide bonds. The predicted octanol–water partition coefficient (Wildman–Crippen LogP) is 1.84. The Bertz CT molecular complexity index is 994. The van der Waals surface area contributed by atoms with Gasteiger partial charge in [-0.1, -0.05) is 42.5 Å². The van der Waals surface area contributed by atoms with Crippen LogP contribution in [0.25, 0.3) is 0 Å². The summed E-state index contributed by atoms with van der Waals surface area (Å²) in [7, 11) is 0. The lowest BCUT2D eigenvalue weighted by molar-refractivity contribution is -0.139. The first-order chi connectivity index (χ1) is 16.5. The lowest BCUT2D eigenvalue weighted by Gasteiger charge is -2.15. The average Bonchev–Trinajstić information content (AvgIpc) is 2.84. The second kappa shape index (κ2) is 12.8. The third-order valence-electron chi connectivity index (χ3n) is 4.92. The summed E-state index contributed by atoms with van der Waals surface area (Å²) >= 11 is 0. The van der Waals surface area contributed by atoms with Gasteiger partial charge in [0, 0.05) is 19.5 Å². The molecule has 1 aliphatic heterocycles. The summed E-state index contributed by atoms with van der Waals surface area (Å²) in [5.74, 6) is -0.324. The molecule has 0 radical (unpaired) electrons. The van der Waals surface area contributed by atoms with Gasteiger partial charge >= 0.3 is 12.1 Å². The van der Waals surface area contributed by atoms with Crippen LogP contribution < -0.4 is 20.7 Å². The molecule has 180 valence electrons. The fraction of sp³-hybridized carbons (Fsp3) is 0.333. The Morgan fingerprint density at radius 1 is 1.06 bits per heavy atom. The molecular weight excluding hydrogens is 440 g/mol. The number of aliphatic carboxylic acids is 1. The molecule has 1 aliphatic rings. The number of nitrogens with one attached hydrogen (secondary N) is 3. The van der Waals surface area contributed by atoms with E-state index in [1.165, 1.54) is 0 Å². The van der Waals surface area contributed by atoms with Crippen molar-refractivity contribution in [3.63, 3.8) is 0 Å². The van der Waals surface area contributed by atoms with Gasteiger partial charge in [-0.15, -0.1) is 0 Å². The lowest BCUT2D eigenvalue weighted by atomic mass is 10.1. The number of alkyl carbamates (subject to hydrolysis) is 1. The molecule has 10 heteroatoms. The number of carboxylic acids is 1. The molecule has 0 saturated carbocycles. The number of amides is 2. The molecule has 3 rings (SSSR count). The molecule has 1 unspecified atom stereocenters. The molecule has 0 saturated heterocycles. The number of guanidine groups is 1. The van der Waals surface area contributed by atoms with Crippen LogP contribution in [0.1, 0.15) is 24.0 Å². The largest absolute Gasteiger partial charge is 0.494 e. The van der Waals surface area contributed by atoms with E-state index in [2.05, 4.69) is 20.9 Å². The molecule has 0 aliphatic carbocycles. The predicted molar refractivity (Wildman–Crippen MR) is 125 cm³/mol. The van der Waals surface area contributed by atoms with Crippen LogP contribution in [0.4, 0.5) is 4.79 Å². The quantitative estimate of drug-likeness (QED) is 0.417. The zero-order chi connectivity index (χ0) is 24.2. The molecule has 4 N–H and O–H groups in total. The normalized spacial score (nSPS) is 13.6. The van der Waals surface area contributed by atoms with Gasteiger partial charge in [0.05, 0.1) is 13.0 Å². The van der Waals surface area contributed by atoms with E-state index in [9.17, 15) is 19.5 Å². The van der Waals surface area contributed by atoms with E-state index in [-0.39, 0.29) is 32.0 Å². The molecular formula is C24H28N4O6. The molecule has 1 atom stereocenters. The fourth-order valence-corrected chi connectivity index (χ4v) is 3.14. The number of ether oxygens (including phenoxy) is 2. The Morgan fingerprint density at radius 2 is 1.82 bits per heavy atom. The van der Waals surface area contributed by atoms with Crippen molar-refractivity contribution in [2.45, 2.75) is 31.9 Å². The van der Waals surface area contributed by atoms with Gasteiger partial charge in [-0.2, -0.15) is 0 Å². The Labute approximate surface area is 197 Å². The molecule has 0 bridgehead atoms. The molecule has 0 fully saturated rings. The number of hydrogen-bond acceptors (Lipinski definition) is 7. The van der Waals surface area contributed by atoms with Crippen molar-refractivity contribution in [2.75, 3.05) is 19.7 Å². The SMILES string of the molecule is O=C(Cc1ccc(OCCC(NC(=O)OCc2ccccc2)C(=O)O)cc1)NC1=NCCCN1. The van der Waals surface area contributed by atoms with Crippen LogP contribution in [0.2, 0.25) is 0 Å². The highest BCUT2D eigenvalue weighted by molar-refractivity contribution is 5.97. The summed E-state index contributed by atoms with van der Waals surface area (Å²) in [5, 5.41) is 17.5. The van der Waals surface area contributed by atoms with Gasteiger partial charge in [-0.25, -0.2) is 9.59 Å². The maximum atomic E-state index is 12.1. The number of hydrogen-bond donors (Lipinski definition) is 4. The standard InChI is InChI=1S/C24H28N4O6/c29-21(28-23-25-12-4-13-26-23)15-17-7-9-19(10-8-17)33-14-11-20(22(30)31)27-24(32)34-16-18-5-2-1-3-6-18/h1-3,5-10,20H,4,11-16H2,(H,27,32)(H,30,31)(H2,25,26,28,29). The van der Waals surface area contributed by atoms with Crippen molar-refractivity contribution < 1.29 is 29.0 Å². The molecule has 10 nitrogen and oxygen atoms in total. The van der Waals surface area contributed by atoms with Gasteiger partial charge in [0.25, 0.3) is 0 Å². The van der Waals surface area contributed by atoms with Crippen molar-refractivity contribution in [3.05, 3.63) is 65.7 Å². The number of benzene rings is 2. The Balaban J connectivity index is 1.39. The van der Waals surface area contributed by atoms with Crippen LogP contribution in [0.3, 0.4) is 0 Å². The van der Waals surface area contributed by atoms with Gasteiger partial charge < -0.3 is 25.2 Å². The summed E-state index contributed by atoms with van der Waals surface area (Å²) in [6.07, 6.45) is 0.377. The monoisotopic (exact) mass is 468 g/mol. The van der Waals surface area contributed by atoms with E-state index in [4.69, 9.17) is 9.47 Å². The molecule has 0 aromatic heterocycles. The number of rotatable bonds is 10. The number of aliphatic imine (C=N–C) groups is 1. The van der Waals surface area contributed by atoms with Crippen LogP contribution in [0.5, 0.6) is 5.75 Å². The number of carbonyl (C=O) groups excluding carboxylic acids is 2. The van der Waals surface area contributed by atoms with Crippen LogP contribution in [-0.2, 0) is 27.4 Å². The highest BCUT2D eigenvalue weighted by Crippen LogP contribution is 2.13. The van der Waals surface area contributed by atoms with Gasteiger partial charge in [0.1, 0.15) is 18.4 Å². The smallest absolute Gasteiger partial charge is 0.408 e. The van der Waals surface area contributed by atoms with Gasteiger partial charge in [-0.05, 0) is 29.7 Å². The zero-order valence-corrected chi connectivity index (χ0v) is 18.7. The van der Waals surface area contributed by atoms with E-state index in [0.29, 0.717) is 18.3 Å². The molecule has 2 aromatic rings. The average molecular weight is 469 g/mol.